The van der Waals surface area contributed by atoms with Gasteiger partial charge < -0.3 is 15.4 Å². The summed E-state index contributed by atoms with van der Waals surface area (Å²) < 4.78 is 18.5. The minimum atomic E-state index is -0.662. The Kier molecular flexibility index (Phi) is 7.28. The van der Waals surface area contributed by atoms with E-state index in [0.717, 1.165) is 4.47 Å². The minimum Gasteiger partial charge on any atom is -0.456 e. The predicted molar refractivity (Wildman–Crippen MR) is 98.0 cm³/mol. The molecule has 2 N–H and O–H groups in total. The van der Waals surface area contributed by atoms with Gasteiger partial charge >= 0.3 is 5.97 Å². The van der Waals surface area contributed by atoms with Gasteiger partial charge in [0.15, 0.2) is 6.61 Å². The summed E-state index contributed by atoms with van der Waals surface area (Å²) in [5.74, 6) is -1.97. The van der Waals surface area contributed by atoms with Crippen LogP contribution < -0.4 is 10.6 Å². The van der Waals surface area contributed by atoms with Gasteiger partial charge in [-0.3, -0.25) is 14.4 Å². The van der Waals surface area contributed by atoms with E-state index in [4.69, 9.17) is 4.74 Å². The fourth-order valence-electron chi connectivity index (χ4n) is 1.92. The highest BCUT2D eigenvalue weighted by Crippen LogP contribution is 2.14. The molecule has 0 aliphatic heterocycles. The van der Waals surface area contributed by atoms with Gasteiger partial charge in [-0.2, -0.15) is 0 Å². The Bertz CT molecular complexity index is 713. The van der Waals surface area contributed by atoms with Crippen LogP contribution in [0, 0.1) is 5.82 Å². The van der Waals surface area contributed by atoms with Gasteiger partial charge in [0.25, 0.3) is 5.91 Å². The quantitative estimate of drug-likeness (QED) is 0.668. The standard InChI is InChI=1S/C18H16BrFN2O4/c19-12-1-5-14(6-2-12)21-16(23)9-10-18(25)26-11-17(24)22-15-7-3-13(20)4-8-15/h1-8H,9-11H2,(H,21,23)(H,22,24). The zero-order valence-electron chi connectivity index (χ0n) is 13.6. The highest BCUT2D eigenvalue weighted by Gasteiger charge is 2.11. The van der Waals surface area contributed by atoms with Crippen molar-refractivity contribution in [2.24, 2.45) is 0 Å². The number of amides is 2. The molecule has 8 heteroatoms. The van der Waals surface area contributed by atoms with E-state index in [1.807, 2.05) is 0 Å². The number of rotatable bonds is 7. The summed E-state index contributed by atoms with van der Waals surface area (Å²) in [4.78, 5) is 35.0. The Morgan fingerprint density at radius 1 is 0.846 bits per heavy atom. The molecule has 0 saturated carbocycles. The smallest absolute Gasteiger partial charge is 0.306 e. The van der Waals surface area contributed by atoms with E-state index in [0.29, 0.717) is 11.4 Å². The van der Waals surface area contributed by atoms with Gasteiger partial charge in [-0.15, -0.1) is 0 Å². The average Bonchev–Trinajstić information content (AvgIpc) is 2.62. The van der Waals surface area contributed by atoms with Crippen LogP contribution in [0.1, 0.15) is 12.8 Å². The topological polar surface area (TPSA) is 84.5 Å². The zero-order chi connectivity index (χ0) is 18.9. The molecule has 2 amide bonds. The van der Waals surface area contributed by atoms with Gasteiger partial charge in [0.2, 0.25) is 5.91 Å². The molecule has 0 heterocycles. The Hall–Kier alpha value is -2.74. The lowest BCUT2D eigenvalue weighted by molar-refractivity contribution is -0.147. The van der Waals surface area contributed by atoms with E-state index in [1.54, 1.807) is 24.3 Å². The maximum atomic E-state index is 12.8. The number of benzene rings is 2. The van der Waals surface area contributed by atoms with Crippen molar-refractivity contribution in [3.05, 3.63) is 58.8 Å². The maximum absolute atomic E-state index is 12.8. The molecule has 0 aliphatic carbocycles. The van der Waals surface area contributed by atoms with E-state index >= 15 is 0 Å². The Morgan fingerprint density at radius 2 is 1.38 bits per heavy atom. The van der Waals surface area contributed by atoms with Crippen LogP contribution in [0.15, 0.2) is 53.0 Å². The Morgan fingerprint density at radius 3 is 2.00 bits per heavy atom. The largest absolute Gasteiger partial charge is 0.456 e. The normalized spacial score (nSPS) is 10.1. The minimum absolute atomic E-state index is 0.0610. The second kappa shape index (κ2) is 9.67. The van der Waals surface area contributed by atoms with Crippen LogP contribution in [0.5, 0.6) is 0 Å². The molecule has 0 atom stereocenters. The summed E-state index contributed by atoms with van der Waals surface area (Å²) >= 11 is 3.29. The summed E-state index contributed by atoms with van der Waals surface area (Å²) in [6, 6.07) is 12.2. The molecule has 0 unspecified atom stereocenters. The fourth-order valence-corrected chi connectivity index (χ4v) is 2.19. The molecular weight excluding hydrogens is 407 g/mol. The molecule has 0 spiro atoms. The number of hydrogen-bond acceptors (Lipinski definition) is 4. The molecular formula is C18H16BrFN2O4. The molecule has 2 rings (SSSR count). The van der Waals surface area contributed by atoms with Crippen LogP contribution in [0.25, 0.3) is 0 Å². The lowest BCUT2D eigenvalue weighted by atomic mass is 10.2. The van der Waals surface area contributed by atoms with Crippen molar-refractivity contribution in [1.29, 1.82) is 0 Å². The second-order valence-electron chi connectivity index (χ2n) is 5.27. The van der Waals surface area contributed by atoms with E-state index in [-0.39, 0.29) is 18.7 Å². The first-order chi connectivity index (χ1) is 12.4. The number of hydrogen-bond donors (Lipinski definition) is 2. The molecule has 6 nitrogen and oxygen atoms in total. The van der Waals surface area contributed by atoms with Crippen molar-refractivity contribution in [3.63, 3.8) is 0 Å². The Labute approximate surface area is 157 Å². The highest BCUT2D eigenvalue weighted by molar-refractivity contribution is 9.10. The first-order valence-electron chi connectivity index (χ1n) is 7.69. The maximum Gasteiger partial charge on any atom is 0.306 e. The van der Waals surface area contributed by atoms with Gasteiger partial charge in [-0.1, -0.05) is 15.9 Å². The monoisotopic (exact) mass is 422 g/mol. The number of nitrogens with one attached hydrogen (secondary N) is 2. The molecule has 26 heavy (non-hydrogen) atoms. The molecule has 0 bridgehead atoms. The van der Waals surface area contributed by atoms with Crippen molar-refractivity contribution in [3.8, 4) is 0 Å². The van der Waals surface area contributed by atoms with Crippen LogP contribution in [0.3, 0.4) is 0 Å². The lowest BCUT2D eigenvalue weighted by Crippen LogP contribution is -2.21. The van der Waals surface area contributed by atoms with Crippen LogP contribution in [0.2, 0.25) is 0 Å². The number of ether oxygens (including phenoxy) is 1. The van der Waals surface area contributed by atoms with Crippen molar-refractivity contribution in [1.82, 2.24) is 0 Å². The third-order valence-electron chi connectivity index (χ3n) is 3.18. The highest BCUT2D eigenvalue weighted by atomic mass is 79.9. The number of carbonyl (C=O) groups is 3. The summed E-state index contributed by atoms with van der Waals surface area (Å²) in [7, 11) is 0. The molecule has 0 fully saturated rings. The van der Waals surface area contributed by atoms with E-state index in [2.05, 4.69) is 26.6 Å². The third-order valence-corrected chi connectivity index (χ3v) is 3.71. The molecule has 0 aromatic heterocycles. The van der Waals surface area contributed by atoms with Gasteiger partial charge in [-0.25, -0.2) is 4.39 Å². The van der Waals surface area contributed by atoms with Gasteiger partial charge in [-0.05, 0) is 48.5 Å². The summed E-state index contributed by atoms with van der Waals surface area (Å²) in [6.07, 6.45) is -0.208. The number of carbonyl (C=O) groups excluding carboxylic acids is 3. The summed E-state index contributed by atoms with van der Waals surface area (Å²) in [5.41, 5.74) is 1.01. The average molecular weight is 423 g/mol. The van der Waals surface area contributed by atoms with Gasteiger partial charge in [0.05, 0.1) is 6.42 Å². The van der Waals surface area contributed by atoms with Crippen LogP contribution in [-0.2, 0) is 19.1 Å². The van der Waals surface area contributed by atoms with Crippen molar-refractivity contribution in [2.45, 2.75) is 12.8 Å². The zero-order valence-corrected chi connectivity index (χ0v) is 15.2. The SMILES string of the molecule is O=C(CCC(=O)OCC(=O)Nc1ccc(F)cc1)Nc1ccc(Br)cc1. The molecule has 0 radical (unpaired) electrons. The van der Waals surface area contributed by atoms with Gasteiger partial charge in [0.1, 0.15) is 5.82 Å². The number of halogens is 2. The molecule has 2 aromatic rings. The van der Waals surface area contributed by atoms with Crippen LogP contribution >= 0.6 is 15.9 Å². The number of anilines is 2. The number of esters is 1. The fraction of sp³-hybridized carbons (Fsp3) is 0.167. The van der Waals surface area contributed by atoms with Crippen LogP contribution in [-0.4, -0.2) is 24.4 Å². The van der Waals surface area contributed by atoms with E-state index < -0.39 is 24.3 Å². The van der Waals surface area contributed by atoms with Crippen molar-refractivity contribution in [2.75, 3.05) is 17.2 Å². The van der Waals surface area contributed by atoms with Crippen molar-refractivity contribution < 1.29 is 23.5 Å². The Balaban J connectivity index is 1.66. The molecule has 0 saturated heterocycles. The molecule has 2 aromatic carbocycles. The molecule has 0 aliphatic rings. The second-order valence-corrected chi connectivity index (χ2v) is 6.19. The lowest BCUT2D eigenvalue weighted by Gasteiger charge is -2.07. The van der Waals surface area contributed by atoms with Crippen molar-refractivity contribution >= 4 is 45.1 Å². The van der Waals surface area contributed by atoms with E-state index in [9.17, 15) is 18.8 Å². The van der Waals surface area contributed by atoms with Crippen LogP contribution in [0.4, 0.5) is 15.8 Å². The summed E-state index contributed by atoms with van der Waals surface area (Å²) in [6.45, 7) is -0.482. The molecule has 136 valence electrons. The first kappa shape index (κ1) is 19.6. The van der Waals surface area contributed by atoms with E-state index in [1.165, 1.54) is 24.3 Å². The third kappa shape index (κ3) is 7.02. The first-order valence-corrected chi connectivity index (χ1v) is 8.48. The summed E-state index contributed by atoms with van der Waals surface area (Å²) in [5, 5.41) is 5.11. The van der Waals surface area contributed by atoms with Gasteiger partial charge in [0, 0.05) is 22.3 Å². The predicted octanol–water partition coefficient (Wildman–Crippen LogP) is 3.49.